The van der Waals surface area contributed by atoms with Crippen molar-refractivity contribution in [2.45, 2.75) is 44.6 Å². The minimum Gasteiger partial charge on any atom is -0.508 e. The molecule has 2 atom stereocenters. The first-order chi connectivity index (χ1) is 14.4. The smallest absolute Gasteiger partial charge is 0.123 e. The van der Waals surface area contributed by atoms with E-state index in [2.05, 4.69) is 18.1 Å². The summed E-state index contributed by atoms with van der Waals surface area (Å²) in [5, 5.41) is 26.3. The van der Waals surface area contributed by atoms with Gasteiger partial charge in [-0.05, 0) is 79.6 Å². The molecule has 154 valence electrons. The number of nitrogens with zero attached hydrogens (tertiary/aromatic N) is 2. The van der Waals surface area contributed by atoms with Gasteiger partial charge in [-0.15, -0.1) is 0 Å². The predicted octanol–water partition coefficient (Wildman–Crippen LogP) is 4.82. The molecule has 2 aliphatic rings. The van der Waals surface area contributed by atoms with E-state index < -0.39 is 5.60 Å². The van der Waals surface area contributed by atoms with Crippen LogP contribution >= 0.6 is 0 Å². The molecule has 4 nitrogen and oxygen atoms in total. The Hall–Kier alpha value is -2.92. The summed E-state index contributed by atoms with van der Waals surface area (Å²) in [6, 6.07) is 13.7. The molecule has 2 aromatic carbocycles. The molecule has 0 saturated heterocycles. The Bertz CT molecular complexity index is 1130. The standard InChI is InChI=1S/C25H25FN2O2/c1-24-15-18-16-27-28(21-8-6-20(26)7-9-21)22(18)14-19(24)11-13-25(24,30)12-10-17-4-2-3-5-23(17)29/h2-9,14,16,29-30H,10-13,15H2,1H3/t24?,25-/m0/s1. The maximum absolute atomic E-state index is 13.3. The number of aliphatic hydroxyl groups is 1. The zero-order chi connectivity index (χ0) is 20.9. The largest absolute Gasteiger partial charge is 0.508 e. The molecule has 5 heteroatoms. The number of hydrogen-bond acceptors (Lipinski definition) is 3. The highest BCUT2D eigenvalue weighted by Gasteiger charge is 2.54. The Kier molecular flexibility index (Phi) is 4.33. The molecule has 2 N–H and O–H groups in total. The first kappa shape index (κ1) is 19.1. The van der Waals surface area contributed by atoms with Crippen LogP contribution in [0.15, 0.2) is 60.3 Å². The third kappa shape index (κ3) is 2.88. The van der Waals surface area contributed by atoms with Gasteiger partial charge in [0.1, 0.15) is 11.6 Å². The fourth-order valence-electron chi connectivity index (χ4n) is 5.18. The second-order valence-electron chi connectivity index (χ2n) is 8.78. The summed E-state index contributed by atoms with van der Waals surface area (Å²) in [6.07, 6.45) is 7.51. The number of aryl methyl sites for hydroxylation is 1. The maximum Gasteiger partial charge on any atom is 0.123 e. The predicted molar refractivity (Wildman–Crippen MR) is 114 cm³/mol. The molecule has 1 aromatic heterocycles. The minimum atomic E-state index is -0.837. The number of phenols is 1. The number of fused-ring (bicyclic) bond motifs is 2. The fraction of sp³-hybridized carbons (Fsp3) is 0.320. The van der Waals surface area contributed by atoms with E-state index in [4.69, 9.17) is 0 Å². The van der Waals surface area contributed by atoms with Gasteiger partial charge in [0.2, 0.25) is 0 Å². The fourth-order valence-corrected chi connectivity index (χ4v) is 5.18. The molecule has 1 heterocycles. The zero-order valence-corrected chi connectivity index (χ0v) is 17.0. The molecule has 1 fully saturated rings. The number of para-hydroxylation sites is 1. The first-order valence-electron chi connectivity index (χ1n) is 10.4. The summed E-state index contributed by atoms with van der Waals surface area (Å²) in [5.74, 6) is 0.0162. The molecule has 0 bridgehead atoms. The highest BCUT2D eigenvalue weighted by Crippen LogP contribution is 2.56. The van der Waals surface area contributed by atoms with Crippen LogP contribution in [0.3, 0.4) is 0 Å². The van der Waals surface area contributed by atoms with Gasteiger partial charge < -0.3 is 10.2 Å². The number of rotatable bonds is 4. The topological polar surface area (TPSA) is 58.3 Å². The second kappa shape index (κ2) is 6.81. The maximum atomic E-state index is 13.3. The van der Waals surface area contributed by atoms with Crippen LogP contribution in [0.5, 0.6) is 5.75 Å². The Morgan fingerprint density at radius 3 is 2.67 bits per heavy atom. The monoisotopic (exact) mass is 404 g/mol. The summed E-state index contributed by atoms with van der Waals surface area (Å²) in [6.45, 7) is 2.15. The summed E-state index contributed by atoms with van der Waals surface area (Å²) >= 11 is 0. The van der Waals surface area contributed by atoms with Crippen molar-refractivity contribution in [3.8, 4) is 11.4 Å². The van der Waals surface area contributed by atoms with E-state index in [0.717, 1.165) is 28.9 Å². The van der Waals surface area contributed by atoms with Gasteiger partial charge in [-0.2, -0.15) is 5.10 Å². The normalized spacial score (nSPS) is 25.0. The number of hydrogen-bond donors (Lipinski definition) is 2. The average Bonchev–Trinajstić information content (AvgIpc) is 3.24. The summed E-state index contributed by atoms with van der Waals surface area (Å²) < 4.78 is 15.2. The van der Waals surface area contributed by atoms with Crippen LogP contribution in [0.1, 0.15) is 43.0 Å². The van der Waals surface area contributed by atoms with E-state index >= 15 is 0 Å². The van der Waals surface area contributed by atoms with Crippen LogP contribution in [0.25, 0.3) is 11.8 Å². The van der Waals surface area contributed by atoms with Crippen molar-refractivity contribution < 1.29 is 14.6 Å². The third-order valence-corrected chi connectivity index (χ3v) is 7.16. The quantitative estimate of drug-likeness (QED) is 0.655. The number of phenolic OH excluding ortho intramolecular Hbond substituents is 1. The van der Waals surface area contributed by atoms with E-state index in [1.807, 2.05) is 29.1 Å². The Balaban J connectivity index is 1.45. The third-order valence-electron chi connectivity index (χ3n) is 7.16. The van der Waals surface area contributed by atoms with E-state index in [1.165, 1.54) is 17.7 Å². The van der Waals surface area contributed by atoms with Crippen LogP contribution in [0.2, 0.25) is 0 Å². The van der Waals surface area contributed by atoms with Crippen LogP contribution in [0, 0.1) is 11.2 Å². The summed E-state index contributed by atoms with van der Waals surface area (Å²) in [4.78, 5) is 0. The molecule has 30 heavy (non-hydrogen) atoms. The highest BCUT2D eigenvalue weighted by molar-refractivity contribution is 5.62. The van der Waals surface area contributed by atoms with Crippen molar-refractivity contribution in [2.75, 3.05) is 0 Å². The molecule has 0 amide bonds. The van der Waals surface area contributed by atoms with Crippen molar-refractivity contribution >= 4 is 6.08 Å². The molecular formula is C25H25FN2O2. The molecule has 0 aliphatic heterocycles. The van der Waals surface area contributed by atoms with Crippen molar-refractivity contribution in [1.82, 2.24) is 9.78 Å². The van der Waals surface area contributed by atoms with Crippen molar-refractivity contribution in [1.29, 1.82) is 0 Å². The number of aromatic hydroxyl groups is 1. The van der Waals surface area contributed by atoms with Gasteiger partial charge in [0.25, 0.3) is 0 Å². The second-order valence-corrected chi connectivity index (χ2v) is 8.78. The summed E-state index contributed by atoms with van der Waals surface area (Å²) in [5.41, 5.74) is 3.84. The molecule has 3 aromatic rings. The van der Waals surface area contributed by atoms with Crippen LogP contribution in [-0.4, -0.2) is 25.6 Å². The van der Waals surface area contributed by atoms with E-state index in [9.17, 15) is 14.6 Å². The molecular weight excluding hydrogens is 379 g/mol. The lowest BCUT2D eigenvalue weighted by atomic mass is 9.65. The van der Waals surface area contributed by atoms with Gasteiger partial charge in [0.05, 0.1) is 23.2 Å². The Morgan fingerprint density at radius 2 is 1.90 bits per heavy atom. The lowest BCUT2D eigenvalue weighted by Gasteiger charge is -2.42. The van der Waals surface area contributed by atoms with Gasteiger partial charge in [-0.1, -0.05) is 30.7 Å². The molecule has 5 rings (SSSR count). The molecule has 0 radical (unpaired) electrons. The van der Waals surface area contributed by atoms with Crippen molar-refractivity contribution in [3.63, 3.8) is 0 Å². The average molecular weight is 404 g/mol. The molecule has 1 saturated carbocycles. The van der Waals surface area contributed by atoms with Crippen LogP contribution in [0.4, 0.5) is 4.39 Å². The number of benzene rings is 2. The number of halogens is 1. The van der Waals surface area contributed by atoms with E-state index in [1.54, 1.807) is 18.2 Å². The van der Waals surface area contributed by atoms with Gasteiger partial charge in [-0.25, -0.2) is 9.07 Å². The van der Waals surface area contributed by atoms with Crippen LogP contribution in [-0.2, 0) is 12.8 Å². The van der Waals surface area contributed by atoms with Crippen molar-refractivity contribution in [3.05, 3.63) is 82.9 Å². The molecule has 0 spiro atoms. The van der Waals surface area contributed by atoms with E-state index in [-0.39, 0.29) is 17.0 Å². The van der Waals surface area contributed by atoms with E-state index in [0.29, 0.717) is 25.7 Å². The zero-order valence-electron chi connectivity index (χ0n) is 17.0. The lowest BCUT2D eigenvalue weighted by Crippen LogP contribution is -2.45. The van der Waals surface area contributed by atoms with Gasteiger partial charge in [-0.3, -0.25) is 0 Å². The molecule has 2 aliphatic carbocycles. The SMILES string of the molecule is CC12Cc3cnn(-c4ccc(F)cc4)c3C=C1CC[C@@]2(O)CCc1ccccc1O. The van der Waals surface area contributed by atoms with Gasteiger partial charge >= 0.3 is 0 Å². The lowest BCUT2D eigenvalue weighted by molar-refractivity contribution is -0.0462. The van der Waals surface area contributed by atoms with Crippen LogP contribution < -0.4 is 0 Å². The first-order valence-corrected chi connectivity index (χ1v) is 10.4. The van der Waals surface area contributed by atoms with Gasteiger partial charge in [0, 0.05) is 5.41 Å². The van der Waals surface area contributed by atoms with Gasteiger partial charge in [0.15, 0.2) is 0 Å². The highest BCUT2D eigenvalue weighted by atomic mass is 19.1. The number of aromatic nitrogens is 2. The Morgan fingerprint density at radius 1 is 1.13 bits per heavy atom. The minimum absolute atomic E-state index is 0.268. The van der Waals surface area contributed by atoms with Crippen molar-refractivity contribution in [2.24, 2.45) is 5.41 Å². The summed E-state index contributed by atoms with van der Waals surface area (Å²) in [7, 11) is 0. The molecule has 1 unspecified atom stereocenters. The Labute approximate surface area is 175 Å².